The maximum absolute atomic E-state index is 12.9. The number of amides is 1. The number of rotatable bonds is 6. The van der Waals surface area contributed by atoms with Gasteiger partial charge in [0.1, 0.15) is 5.75 Å². The quantitative estimate of drug-likeness (QED) is 0.732. The molecule has 0 radical (unpaired) electrons. The zero-order valence-electron chi connectivity index (χ0n) is 16.6. The molecule has 1 aliphatic rings. The lowest BCUT2D eigenvalue weighted by Crippen LogP contribution is -2.47. The molecule has 1 aromatic heterocycles. The van der Waals surface area contributed by atoms with E-state index in [-0.39, 0.29) is 5.91 Å². The van der Waals surface area contributed by atoms with Gasteiger partial charge in [-0.15, -0.1) is 0 Å². The third-order valence-electron chi connectivity index (χ3n) is 4.96. The van der Waals surface area contributed by atoms with Gasteiger partial charge in [-0.3, -0.25) is 9.78 Å². The third-order valence-corrected chi connectivity index (χ3v) is 4.96. The van der Waals surface area contributed by atoms with Crippen LogP contribution in [0.2, 0.25) is 0 Å². The van der Waals surface area contributed by atoms with Crippen molar-refractivity contribution < 1.29 is 9.53 Å². The van der Waals surface area contributed by atoms with Gasteiger partial charge in [-0.1, -0.05) is 25.0 Å². The molecule has 1 saturated heterocycles. The van der Waals surface area contributed by atoms with Crippen LogP contribution in [0.15, 0.2) is 36.5 Å². The van der Waals surface area contributed by atoms with Crippen molar-refractivity contribution in [3.63, 3.8) is 0 Å². The molecule has 0 unspecified atom stereocenters. The molecule has 0 saturated carbocycles. The summed E-state index contributed by atoms with van der Waals surface area (Å²) in [5, 5.41) is 0. The summed E-state index contributed by atoms with van der Waals surface area (Å²) in [6.45, 7) is 8.25. The van der Waals surface area contributed by atoms with Crippen molar-refractivity contribution in [2.75, 3.05) is 39.8 Å². The minimum absolute atomic E-state index is 0.0767. The minimum Gasteiger partial charge on any atom is -0.493 e. The first-order chi connectivity index (χ1) is 13.1. The lowest BCUT2D eigenvalue weighted by molar-refractivity contribution is 0.0664. The standard InChI is InChI=1S/C22H29N3O2/c1-4-5-14-27-21-7-6-17(2)15-19(21)20-16-18(8-9-23-20)22(26)25-12-10-24(3)11-13-25/h6-9,15-16H,4-5,10-14H2,1-3H3. The summed E-state index contributed by atoms with van der Waals surface area (Å²) in [6.07, 6.45) is 3.83. The molecule has 5 nitrogen and oxygen atoms in total. The zero-order valence-corrected chi connectivity index (χ0v) is 16.6. The Bertz CT molecular complexity index is 783. The van der Waals surface area contributed by atoms with Crippen molar-refractivity contribution in [1.82, 2.24) is 14.8 Å². The number of hydrogen-bond acceptors (Lipinski definition) is 4. The second-order valence-electron chi connectivity index (χ2n) is 7.23. The first kappa shape index (κ1) is 19.4. The highest BCUT2D eigenvalue weighted by molar-refractivity contribution is 5.95. The molecule has 1 fully saturated rings. The Labute approximate surface area is 162 Å². The number of aryl methyl sites for hydroxylation is 1. The molecule has 2 aromatic rings. The number of carbonyl (C=O) groups is 1. The van der Waals surface area contributed by atoms with E-state index in [9.17, 15) is 4.79 Å². The number of aromatic nitrogens is 1. The van der Waals surface area contributed by atoms with Gasteiger partial charge in [0.25, 0.3) is 5.91 Å². The van der Waals surface area contributed by atoms with Gasteiger partial charge in [-0.25, -0.2) is 0 Å². The lowest BCUT2D eigenvalue weighted by Gasteiger charge is -2.32. The van der Waals surface area contributed by atoms with E-state index in [2.05, 4.69) is 36.8 Å². The maximum Gasteiger partial charge on any atom is 0.254 e. The number of ether oxygens (including phenoxy) is 1. The normalized spacial score (nSPS) is 15.0. The van der Waals surface area contributed by atoms with Gasteiger partial charge < -0.3 is 14.5 Å². The Kier molecular flexibility index (Phi) is 6.45. The van der Waals surface area contributed by atoms with Crippen molar-refractivity contribution in [1.29, 1.82) is 0 Å². The van der Waals surface area contributed by atoms with Gasteiger partial charge in [0.15, 0.2) is 0 Å². The molecule has 144 valence electrons. The SMILES string of the molecule is CCCCOc1ccc(C)cc1-c1cc(C(=O)N2CCN(C)CC2)ccn1. The Morgan fingerprint density at radius 2 is 1.93 bits per heavy atom. The van der Waals surface area contributed by atoms with Crippen LogP contribution in [-0.4, -0.2) is 60.5 Å². The summed E-state index contributed by atoms with van der Waals surface area (Å²) in [5.74, 6) is 0.901. The first-order valence-corrected chi connectivity index (χ1v) is 9.76. The maximum atomic E-state index is 12.9. The van der Waals surface area contributed by atoms with Crippen molar-refractivity contribution in [3.8, 4) is 17.0 Å². The highest BCUT2D eigenvalue weighted by Gasteiger charge is 2.21. The van der Waals surface area contributed by atoms with Gasteiger partial charge in [-0.2, -0.15) is 0 Å². The molecule has 1 aromatic carbocycles. The van der Waals surface area contributed by atoms with Gasteiger partial charge in [-0.05, 0) is 44.7 Å². The van der Waals surface area contributed by atoms with Crippen molar-refractivity contribution in [3.05, 3.63) is 47.7 Å². The summed E-state index contributed by atoms with van der Waals surface area (Å²) in [7, 11) is 2.09. The fourth-order valence-corrected chi connectivity index (χ4v) is 3.20. The smallest absolute Gasteiger partial charge is 0.254 e. The van der Waals surface area contributed by atoms with E-state index in [0.29, 0.717) is 12.2 Å². The molecule has 2 heterocycles. The van der Waals surface area contributed by atoms with Crippen LogP contribution in [0.25, 0.3) is 11.3 Å². The van der Waals surface area contributed by atoms with Crippen LogP contribution < -0.4 is 4.74 Å². The molecule has 1 amide bonds. The number of benzene rings is 1. The molecule has 0 aliphatic carbocycles. The number of nitrogens with zero attached hydrogens (tertiary/aromatic N) is 3. The van der Waals surface area contributed by atoms with E-state index in [0.717, 1.165) is 61.6 Å². The van der Waals surface area contributed by atoms with E-state index >= 15 is 0 Å². The molecule has 0 spiro atoms. The average molecular weight is 367 g/mol. The van der Waals surface area contributed by atoms with Crippen LogP contribution in [0.1, 0.15) is 35.7 Å². The number of unbranched alkanes of at least 4 members (excludes halogenated alkanes) is 1. The number of carbonyl (C=O) groups excluding carboxylic acids is 1. The topological polar surface area (TPSA) is 45.7 Å². The number of likely N-dealkylation sites (N-methyl/N-ethyl adjacent to an activating group) is 1. The monoisotopic (exact) mass is 367 g/mol. The predicted octanol–water partition coefficient (Wildman–Crippen LogP) is 3.62. The molecular weight excluding hydrogens is 338 g/mol. The fraction of sp³-hybridized carbons (Fsp3) is 0.455. The third kappa shape index (κ3) is 4.86. The van der Waals surface area contributed by atoms with Crippen LogP contribution in [0, 0.1) is 6.92 Å². The summed E-state index contributed by atoms with van der Waals surface area (Å²) in [5.41, 5.74) is 3.56. The summed E-state index contributed by atoms with van der Waals surface area (Å²) < 4.78 is 5.97. The molecule has 3 rings (SSSR count). The van der Waals surface area contributed by atoms with Crippen molar-refractivity contribution in [2.24, 2.45) is 0 Å². The van der Waals surface area contributed by atoms with E-state index in [1.54, 1.807) is 12.3 Å². The molecule has 5 heteroatoms. The Hall–Kier alpha value is -2.40. The van der Waals surface area contributed by atoms with Gasteiger partial charge in [0.2, 0.25) is 0 Å². The number of pyridine rings is 1. The zero-order chi connectivity index (χ0) is 19.2. The Balaban J connectivity index is 1.85. The average Bonchev–Trinajstić information content (AvgIpc) is 2.69. The molecular formula is C22H29N3O2. The highest BCUT2D eigenvalue weighted by Crippen LogP contribution is 2.30. The first-order valence-electron chi connectivity index (χ1n) is 9.76. The van der Waals surface area contributed by atoms with E-state index in [1.165, 1.54) is 0 Å². The van der Waals surface area contributed by atoms with E-state index < -0.39 is 0 Å². The van der Waals surface area contributed by atoms with Gasteiger partial charge in [0.05, 0.1) is 12.3 Å². The molecule has 0 bridgehead atoms. The van der Waals surface area contributed by atoms with Crippen LogP contribution in [0.5, 0.6) is 5.75 Å². The summed E-state index contributed by atoms with van der Waals surface area (Å²) in [6, 6.07) is 9.81. The van der Waals surface area contributed by atoms with Crippen LogP contribution >= 0.6 is 0 Å². The van der Waals surface area contributed by atoms with Crippen LogP contribution in [0.3, 0.4) is 0 Å². The summed E-state index contributed by atoms with van der Waals surface area (Å²) >= 11 is 0. The predicted molar refractivity (Wildman–Crippen MR) is 108 cm³/mol. The van der Waals surface area contributed by atoms with Crippen LogP contribution in [0.4, 0.5) is 0 Å². The second kappa shape index (κ2) is 9.00. The molecule has 1 aliphatic heterocycles. The van der Waals surface area contributed by atoms with Crippen LogP contribution in [-0.2, 0) is 0 Å². The van der Waals surface area contributed by atoms with Crippen molar-refractivity contribution >= 4 is 5.91 Å². The molecule has 0 atom stereocenters. The second-order valence-corrected chi connectivity index (χ2v) is 7.23. The van der Waals surface area contributed by atoms with E-state index in [4.69, 9.17) is 4.74 Å². The number of piperazine rings is 1. The number of hydrogen-bond donors (Lipinski definition) is 0. The molecule has 0 N–H and O–H groups in total. The van der Waals surface area contributed by atoms with Crippen molar-refractivity contribution in [2.45, 2.75) is 26.7 Å². The van der Waals surface area contributed by atoms with Gasteiger partial charge >= 0.3 is 0 Å². The minimum atomic E-state index is 0.0767. The van der Waals surface area contributed by atoms with Gasteiger partial charge in [0, 0.05) is 43.5 Å². The fourth-order valence-electron chi connectivity index (χ4n) is 3.20. The summed E-state index contributed by atoms with van der Waals surface area (Å²) in [4.78, 5) is 21.6. The Morgan fingerprint density at radius 1 is 1.15 bits per heavy atom. The Morgan fingerprint density at radius 3 is 2.67 bits per heavy atom. The van der Waals surface area contributed by atoms with E-state index in [1.807, 2.05) is 23.1 Å². The highest BCUT2D eigenvalue weighted by atomic mass is 16.5. The largest absolute Gasteiger partial charge is 0.493 e. The molecule has 27 heavy (non-hydrogen) atoms. The lowest BCUT2D eigenvalue weighted by atomic mass is 10.0.